The van der Waals surface area contributed by atoms with Gasteiger partial charge in [0.15, 0.2) is 5.43 Å². The lowest BCUT2D eigenvalue weighted by Gasteiger charge is -2.17. The maximum absolute atomic E-state index is 11.9. The van der Waals surface area contributed by atoms with Crippen LogP contribution in [0.1, 0.15) is 38.7 Å². The number of fused-ring (bicyclic) bond motifs is 2. The molecule has 0 unspecified atom stereocenters. The van der Waals surface area contributed by atoms with E-state index in [0.717, 1.165) is 39.8 Å². The highest BCUT2D eigenvalue weighted by atomic mass is 16.5. The van der Waals surface area contributed by atoms with Crippen LogP contribution in [0.15, 0.2) is 63.8 Å². The Hall–Kier alpha value is -3.80. The first-order valence-electron chi connectivity index (χ1n) is 11.5. The number of esters is 1. The first kappa shape index (κ1) is 24.8. The van der Waals surface area contributed by atoms with E-state index in [1.807, 2.05) is 45.0 Å². The molecule has 6 nitrogen and oxygen atoms in total. The van der Waals surface area contributed by atoms with Crippen molar-refractivity contribution in [1.29, 1.82) is 0 Å². The first-order chi connectivity index (χ1) is 16.5. The van der Waals surface area contributed by atoms with Crippen molar-refractivity contribution in [2.45, 2.75) is 40.0 Å². The molecule has 1 N–H and O–H groups in total. The number of phenolic OH excluding ortho intramolecular Hbond substituents is 1. The Kier molecular flexibility index (Phi) is 8.30. The molecule has 2 aromatic carbocycles. The molecule has 1 heterocycles. The number of rotatable bonds is 7. The second-order valence-corrected chi connectivity index (χ2v) is 7.67. The summed E-state index contributed by atoms with van der Waals surface area (Å²) in [5, 5.41) is 10.8. The molecule has 0 saturated heterocycles. The molecule has 1 aliphatic heterocycles. The average molecular weight is 463 g/mol. The molecule has 0 radical (unpaired) electrons. The van der Waals surface area contributed by atoms with Crippen LogP contribution in [0, 0.1) is 6.92 Å². The van der Waals surface area contributed by atoms with Gasteiger partial charge >= 0.3 is 5.97 Å². The second-order valence-electron chi connectivity index (χ2n) is 7.67. The van der Waals surface area contributed by atoms with Crippen molar-refractivity contribution in [1.82, 2.24) is 0 Å². The zero-order valence-electron chi connectivity index (χ0n) is 20.0. The number of aromatic hydroxyl groups is 1. The fourth-order valence-corrected chi connectivity index (χ4v) is 3.82. The van der Waals surface area contributed by atoms with Crippen molar-refractivity contribution in [2.75, 3.05) is 13.7 Å². The average Bonchev–Trinajstić information content (AvgIpc) is 2.83. The van der Waals surface area contributed by atoms with Gasteiger partial charge in [-0.1, -0.05) is 19.9 Å². The molecule has 6 heteroatoms. The lowest BCUT2D eigenvalue weighted by Crippen LogP contribution is -2.03. The number of methoxy groups -OCH3 is 1. The van der Waals surface area contributed by atoms with Crippen LogP contribution in [0.2, 0.25) is 0 Å². The second kappa shape index (κ2) is 11.4. The Morgan fingerprint density at radius 3 is 2.47 bits per heavy atom. The minimum atomic E-state index is -0.211. The van der Waals surface area contributed by atoms with Gasteiger partial charge in [0.25, 0.3) is 0 Å². The maximum atomic E-state index is 11.9. The fourth-order valence-electron chi connectivity index (χ4n) is 3.82. The number of hydrogen-bond acceptors (Lipinski definition) is 6. The van der Waals surface area contributed by atoms with E-state index in [0.29, 0.717) is 30.8 Å². The third-order valence-corrected chi connectivity index (χ3v) is 5.42. The van der Waals surface area contributed by atoms with Crippen molar-refractivity contribution in [2.24, 2.45) is 0 Å². The summed E-state index contributed by atoms with van der Waals surface area (Å²) in [6.45, 7) is 6.51. The Labute approximate surface area is 199 Å². The van der Waals surface area contributed by atoms with Crippen LogP contribution < -0.4 is 10.2 Å². The molecule has 0 amide bonds. The molecule has 178 valence electrons. The number of carbonyl (C=O) groups is 1. The molecular weight excluding hydrogens is 432 g/mol. The van der Waals surface area contributed by atoms with Gasteiger partial charge in [0.2, 0.25) is 0 Å². The Balaban J connectivity index is 0.00000158. The van der Waals surface area contributed by atoms with Crippen LogP contribution in [0.25, 0.3) is 33.4 Å². The molecule has 0 aromatic heterocycles. The summed E-state index contributed by atoms with van der Waals surface area (Å²) in [4.78, 5) is 23.1. The van der Waals surface area contributed by atoms with Gasteiger partial charge in [0.1, 0.15) is 22.8 Å². The third-order valence-electron chi connectivity index (χ3n) is 5.42. The fraction of sp³-hybridized carbons (Fsp3) is 0.286. The van der Waals surface area contributed by atoms with E-state index < -0.39 is 0 Å². The molecule has 2 aliphatic rings. The van der Waals surface area contributed by atoms with E-state index in [1.165, 1.54) is 19.2 Å². The third kappa shape index (κ3) is 5.57. The number of benzene rings is 3. The summed E-state index contributed by atoms with van der Waals surface area (Å²) >= 11 is 0. The van der Waals surface area contributed by atoms with Crippen molar-refractivity contribution < 1.29 is 23.8 Å². The molecule has 0 saturated carbocycles. The van der Waals surface area contributed by atoms with E-state index in [-0.39, 0.29) is 17.1 Å². The lowest BCUT2D eigenvalue weighted by molar-refractivity contribution is -0.140. The van der Waals surface area contributed by atoms with E-state index >= 15 is 0 Å². The maximum Gasteiger partial charge on any atom is 0.305 e. The number of aryl methyl sites for hydroxylation is 1. The number of phenols is 1. The minimum Gasteiger partial charge on any atom is -0.508 e. The monoisotopic (exact) mass is 462 g/mol. The normalized spacial score (nSPS) is 10.6. The Morgan fingerprint density at radius 1 is 0.971 bits per heavy atom. The lowest BCUT2D eigenvalue weighted by atomic mass is 9.91. The molecule has 0 spiro atoms. The van der Waals surface area contributed by atoms with Crippen LogP contribution in [-0.2, 0) is 9.53 Å². The SMILES string of the molecule is CC.COC(=O)CCCCOc1ccc(-c2c3ccc(=O)cc-3oc3cc(O)ccc23)c(C)c1. The van der Waals surface area contributed by atoms with E-state index in [2.05, 4.69) is 4.74 Å². The number of unbranched alkanes of at least 4 members (excludes halogenated alkanes) is 1. The number of hydrogen-bond donors (Lipinski definition) is 1. The topological polar surface area (TPSA) is 86.0 Å². The van der Waals surface area contributed by atoms with Gasteiger partial charge in [-0.2, -0.15) is 0 Å². The molecule has 1 aliphatic carbocycles. The molecule has 0 bridgehead atoms. The van der Waals surface area contributed by atoms with Gasteiger partial charge < -0.3 is 19.0 Å². The quantitative estimate of drug-likeness (QED) is 0.196. The number of ether oxygens (including phenoxy) is 2. The van der Waals surface area contributed by atoms with Crippen LogP contribution in [0.3, 0.4) is 0 Å². The van der Waals surface area contributed by atoms with Crippen molar-refractivity contribution in [3.05, 3.63) is 70.4 Å². The van der Waals surface area contributed by atoms with Gasteiger partial charge in [-0.15, -0.1) is 0 Å². The minimum absolute atomic E-state index is 0.0949. The van der Waals surface area contributed by atoms with Gasteiger partial charge in [-0.3, -0.25) is 9.59 Å². The van der Waals surface area contributed by atoms with Gasteiger partial charge in [-0.05, 0) is 67.3 Å². The van der Waals surface area contributed by atoms with Gasteiger partial charge in [0.05, 0.1) is 13.7 Å². The highest BCUT2D eigenvalue weighted by molar-refractivity contribution is 6.02. The molecule has 0 atom stereocenters. The van der Waals surface area contributed by atoms with E-state index in [1.54, 1.807) is 18.2 Å². The molecule has 34 heavy (non-hydrogen) atoms. The Morgan fingerprint density at radius 2 is 1.74 bits per heavy atom. The van der Waals surface area contributed by atoms with Gasteiger partial charge in [0, 0.05) is 35.1 Å². The summed E-state index contributed by atoms with van der Waals surface area (Å²) in [6, 6.07) is 15.6. The summed E-state index contributed by atoms with van der Waals surface area (Å²) in [6.07, 6.45) is 1.85. The van der Waals surface area contributed by atoms with Crippen molar-refractivity contribution in [3.8, 4) is 33.9 Å². The molecular formula is C28H30O6. The van der Waals surface area contributed by atoms with E-state index in [4.69, 9.17) is 9.15 Å². The highest BCUT2D eigenvalue weighted by Gasteiger charge is 2.19. The highest BCUT2D eigenvalue weighted by Crippen LogP contribution is 2.42. The molecule has 2 aromatic rings. The van der Waals surface area contributed by atoms with E-state index in [9.17, 15) is 14.7 Å². The zero-order valence-corrected chi connectivity index (χ0v) is 20.0. The zero-order chi connectivity index (χ0) is 24.7. The molecule has 4 rings (SSSR count). The summed E-state index contributed by atoms with van der Waals surface area (Å²) in [5.74, 6) is 1.10. The predicted molar refractivity (Wildman–Crippen MR) is 134 cm³/mol. The standard InChI is InChI=1S/C26H24O6.C2H6/c1-16-13-19(31-12-4-3-5-25(29)30-2)8-11-20(16)26-21-9-6-17(27)14-23(21)32-24-15-18(28)7-10-22(24)26;1-2/h6-11,13-15,27H,3-5,12H2,1-2H3;1-2H3. The smallest absolute Gasteiger partial charge is 0.305 e. The van der Waals surface area contributed by atoms with Crippen molar-refractivity contribution in [3.63, 3.8) is 0 Å². The largest absolute Gasteiger partial charge is 0.508 e. The summed E-state index contributed by atoms with van der Waals surface area (Å²) < 4.78 is 16.4. The van der Waals surface area contributed by atoms with Crippen molar-refractivity contribution >= 4 is 16.9 Å². The summed E-state index contributed by atoms with van der Waals surface area (Å²) in [7, 11) is 1.39. The van der Waals surface area contributed by atoms with Crippen LogP contribution >= 0.6 is 0 Å². The first-order valence-corrected chi connectivity index (χ1v) is 11.5. The summed E-state index contributed by atoms with van der Waals surface area (Å²) in [5.41, 5.74) is 4.11. The molecule has 0 fully saturated rings. The van der Waals surface area contributed by atoms with Crippen LogP contribution in [0.5, 0.6) is 11.5 Å². The Bertz CT molecular complexity index is 1300. The van der Waals surface area contributed by atoms with Crippen LogP contribution in [0.4, 0.5) is 0 Å². The van der Waals surface area contributed by atoms with Gasteiger partial charge in [-0.25, -0.2) is 0 Å². The number of carbonyl (C=O) groups excluding carboxylic acids is 1. The van der Waals surface area contributed by atoms with Crippen LogP contribution in [-0.4, -0.2) is 24.8 Å². The predicted octanol–water partition coefficient (Wildman–Crippen LogP) is 6.33.